The Kier molecular flexibility index (Phi) is 3.41. The molecule has 0 aliphatic carbocycles. The summed E-state index contributed by atoms with van der Waals surface area (Å²) in [5, 5.41) is 8.33. The Hall–Kier alpha value is -1.23. The molecule has 0 spiro atoms. The fourth-order valence-corrected chi connectivity index (χ4v) is 0.752. The van der Waals surface area contributed by atoms with Gasteiger partial charge in [0.05, 0.1) is 6.61 Å². The lowest BCUT2D eigenvalue weighted by molar-refractivity contribution is 0.325. The third kappa shape index (κ3) is 2.43. The van der Waals surface area contributed by atoms with Crippen LogP contribution < -0.4 is 9.39 Å². The molecule has 1 N–H and O–H groups in total. The van der Waals surface area contributed by atoms with Gasteiger partial charge < -0.3 is 14.4 Å². The minimum Gasteiger partial charge on any atom is -0.537 e. The summed E-state index contributed by atoms with van der Waals surface area (Å²) in [4.78, 5) is 3.91. The van der Waals surface area contributed by atoms with Crippen LogP contribution in [-0.2, 0) is 0 Å². The molecule has 1 aromatic heterocycles. The van der Waals surface area contributed by atoms with Gasteiger partial charge in [-0.3, -0.25) is 0 Å². The molecule has 0 fully saturated rings. The molecule has 5 heteroatoms. The molecule has 63 valence electrons. The van der Waals surface area contributed by atoms with Crippen LogP contribution in [-0.4, -0.2) is 24.3 Å². The lowest BCUT2D eigenvalue weighted by Crippen LogP contribution is -2.01. The summed E-state index contributed by atoms with van der Waals surface area (Å²) in [5.41, 5.74) is 0. The molecule has 0 aliphatic heterocycles. The maximum atomic E-state index is 8.33. The summed E-state index contributed by atoms with van der Waals surface area (Å²) in [6.07, 6.45) is 1.55. The quantitative estimate of drug-likeness (QED) is 0.657. The zero-order valence-corrected chi connectivity index (χ0v) is 6.73. The van der Waals surface area contributed by atoms with Gasteiger partial charge in [0.1, 0.15) is 5.75 Å². The van der Waals surface area contributed by atoms with Gasteiger partial charge >= 0.3 is 7.69 Å². The normalized spacial score (nSPS) is 9.17. The molecule has 0 amide bonds. The lowest BCUT2D eigenvalue weighted by Gasteiger charge is -2.03. The lowest BCUT2D eigenvalue weighted by atomic mass is 10.3. The molecule has 0 atom stereocenters. The van der Waals surface area contributed by atoms with Crippen LogP contribution in [0.2, 0.25) is 0 Å². The van der Waals surface area contributed by atoms with Crippen molar-refractivity contribution in [3.63, 3.8) is 0 Å². The zero-order valence-electron chi connectivity index (χ0n) is 6.73. The van der Waals surface area contributed by atoms with Crippen molar-refractivity contribution in [3.8, 4) is 11.6 Å². The average Bonchev–Trinajstić information content (AvgIpc) is 2.06. The van der Waals surface area contributed by atoms with Crippen LogP contribution >= 0.6 is 0 Å². The first kappa shape index (κ1) is 8.87. The first-order valence-corrected chi connectivity index (χ1v) is 3.58. The van der Waals surface area contributed by atoms with E-state index in [2.05, 4.69) is 4.98 Å². The van der Waals surface area contributed by atoms with Crippen LogP contribution in [0.3, 0.4) is 0 Å². The van der Waals surface area contributed by atoms with E-state index in [0.29, 0.717) is 25.9 Å². The van der Waals surface area contributed by atoms with Crippen molar-refractivity contribution < 1.29 is 14.4 Å². The van der Waals surface area contributed by atoms with Crippen LogP contribution in [0.15, 0.2) is 18.3 Å². The topological polar surface area (TPSA) is 51.6 Å². The largest absolute Gasteiger partial charge is 0.569 e. The van der Waals surface area contributed by atoms with E-state index in [1.165, 1.54) is 0 Å². The maximum Gasteiger partial charge on any atom is 0.569 e. The molecule has 0 aliphatic rings. The first-order valence-electron chi connectivity index (χ1n) is 3.58. The number of ether oxygens (including phenoxy) is 1. The molecule has 0 aromatic carbocycles. The van der Waals surface area contributed by atoms with E-state index in [-0.39, 0.29) is 0 Å². The molecular formula is C7H9BNO3. The molecule has 1 heterocycles. The van der Waals surface area contributed by atoms with E-state index in [4.69, 9.17) is 14.4 Å². The highest BCUT2D eigenvalue weighted by Gasteiger charge is 1.97. The maximum absolute atomic E-state index is 8.33. The minimum absolute atomic E-state index is 0.483. The van der Waals surface area contributed by atoms with E-state index >= 15 is 0 Å². The molecule has 0 saturated carbocycles. The number of rotatable bonds is 4. The summed E-state index contributed by atoms with van der Waals surface area (Å²) in [6.45, 7) is 2.42. The monoisotopic (exact) mass is 166 g/mol. The van der Waals surface area contributed by atoms with E-state index in [0.717, 1.165) is 0 Å². The second kappa shape index (κ2) is 4.61. The summed E-state index contributed by atoms with van der Waals surface area (Å²) in [5.74, 6) is 0.979. The van der Waals surface area contributed by atoms with Crippen molar-refractivity contribution in [1.82, 2.24) is 4.98 Å². The molecule has 1 radical (unpaired) electrons. The number of pyridine rings is 1. The predicted octanol–water partition coefficient (Wildman–Crippen LogP) is 0.386. The third-order valence-corrected chi connectivity index (χ3v) is 1.19. The van der Waals surface area contributed by atoms with Gasteiger partial charge in [-0.25, -0.2) is 4.98 Å². The van der Waals surface area contributed by atoms with Crippen LogP contribution in [0, 0.1) is 0 Å². The van der Waals surface area contributed by atoms with E-state index in [1.807, 2.05) is 6.92 Å². The summed E-state index contributed by atoms with van der Waals surface area (Å²) in [6, 6.07) is 3.21. The highest BCUT2D eigenvalue weighted by molar-refractivity contribution is 6.17. The average molecular weight is 166 g/mol. The van der Waals surface area contributed by atoms with Gasteiger partial charge in [0, 0.05) is 12.3 Å². The SMILES string of the molecule is CCOc1cc(O[B]O)ccn1. The summed E-state index contributed by atoms with van der Waals surface area (Å²) >= 11 is 0. The van der Waals surface area contributed by atoms with Crippen molar-refractivity contribution in [2.45, 2.75) is 6.92 Å². The van der Waals surface area contributed by atoms with Gasteiger partial charge in [-0.05, 0) is 13.0 Å². The van der Waals surface area contributed by atoms with Crippen LogP contribution in [0.4, 0.5) is 0 Å². The Bertz CT molecular complexity index is 223. The highest BCUT2D eigenvalue weighted by atomic mass is 16.5. The Morgan fingerprint density at radius 1 is 1.67 bits per heavy atom. The highest BCUT2D eigenvalue weighted by Crippen LogP contribution is 2.15. The molecule has 1 rings (SSSR count). The van der Waals surface area contributed by atoms with Crippen LogP contribution in [0.1, 0.15) is 6.92 Å². The van der Waals surface area contributed by atoms with Crippen molar-refractivity contribution in [3.05, 3.63) is 18.3 Å². The van der Waals surface area contributed by atoms with Crippen molar-refractivity contribution in [1.29, 1.82) is 0 Å². The van der Waals surface area contributed by atoms with Gasteiger partial charge in [-0.15, -0.1) is 0 Å². The Labute approximate surface area is 71.5 Å². The fraction of sp³-hybridized carbons (Fsp3) is 0.286. The Balaban J connectivity index is 2.67. The van der Waals surface area contributed by atoms with Gasteiger partial charge in [0.2, 0.25) is 5.88 Å². The van der Waals surface area contributed by atoms with E-state index in [1.54, 1.807) is 18.3 Å². The second-order valence-corrected chi connectivity index (χ2v) is 1.99. The van der Waals surface area contributed by atoms with E-state index in [9.17, 15) is 0 Å². The first-order chi connectivity index (χ1) is 5.86. The molecule has 4 nitrogen and oxygen atoms in total. The van der Waals surface area contributed by atoms with Gasteiger partial charge in [-0.1, -0.05) is 0 Å². The minimum atomic E-state index is 0.483. The summed E-state index contributed by atoms with van der Waals surface area (Å²) in [7, 11) is 0.616. The van der Waals surface area contributed by atoms with E-state index < -0.39 is 0 Å². The number of hydrogen-bond donors (Lipinski definition) is 1. The second-order valence-electron chi connectivity index (χ2n) is 1.99. The zero-order chi connectivity index (χ0) is 8.81. The Morgan fingerprint density at radius 2 is 2.50 bits per heavy atom. The molecule has 12 heavy (non-hydrogen) atoms. The predicted molar refractivity (Wildman–Crippen MR) is 44.0 cm³/mol. The molecule has 1 aromatic rings. The van der Waals surface area contributed by atoms with Crippen molar-refractivity contribution >= 4 is 7.69 Å². The molecule has 0 bridgehead atoms. The van der Waals surface area contributed by atoms with Gasteiger partial charge in [0.15, 0.2) is 0 Å². The number of nitrogens with zero attached hydrogens (tertiary/aromatic N) is 1. The van der Waals surface area contributed by atoms with Crippen molar-refractivity contribution in [2.24, 2.45) is 0 Å². The van der Waals surface area contributed by atoms with Gasteiger partial charge in [0.25, 0.3) is 0 Å². The third-order valence-electron chi connectivity index (χ3n) is 1.19. The standard InChI is InChI=1S/C7H9BNO3/c1-2-11-7-5-6(12-8-10)3-4-9-7/h3-5,10H,2H2,1H3. The number of hydrogen-bond acceptors (Lipinski definition) is 4. The summed E-state index contributed by atoms with van der Waals surface area (Å²) < 4.78 is 9.81. The van der Waals surface area contributed by atoms with Gasteiger partial charge in [-0.2, -0.15) is 0 Å². The molecule has 0 unspecified atom stereocenters. The Morgan fingerprint density at radius 3 is 3.17 bits per heavy atom. The fourth-order valence-electron chi connectivity index (χ4n) is 0.752. The van der Waals surface area contributed by atoms with Crippen molar-refractivity contribution in [2.75, 3.05) is 6.61 Å². The smallest absolute Gasteiger partial charge is 0.537 e. The van der Waals surface area contributed by atoms with Crippen LogP contribution in [0.5, 0.6) is 11.6 Å². The van der Waals surface area contributed by atoms with Crippen LogP contribution in [0.25, 0.3) is 0 Å². The molecular weight excluding hydrogens is 157 g/mol. The molecule has 0 saturated heterocycles. The number of aromatic nitrogens is 1.